The van der Waals surface area contributed by atoms with Gasteiger partial charge in [-0.25, -0.2) is 4.39 Å². The molecule has 0 saturated heterocycles. The molecule has 0 radical (unpaired) electrons. The lowest BCUT2D eigenvalue weighted by Crippen LogP contribution is -2.29. The number of benzene rings is 1. The van der Waals surface area contributed by atoms with E-state index in [0.717, 1.165) is 12.0 Å². The molecule has 1 atom stereocenters. The van der Waals surface area contributed by atoms with Crippen LogP contribution < -0.4 is 5.32 Å². The molecule has 0 spiro atoms. The zero-order valence-electron chi connectivity index (χ0n) is 11.1. The number of rotatable bonds is 5. The summed E-state index contributed by atoms with van der Waals surface area (Å²) in [5.74, 6) is -0.338. The number of nitrogens with one attached hydrogen (secondary N) is 1. The zero-order valence-corrected chi connectivity index (χ0v) is 11.9. The minimum atomic E-state index is -0.394. The summed E-state index contributed by atoms with van der Waals surface area (Å²) in [6.07, 6.45) is 0.332. The van der Waals surface area contributed by atoms with E-state index in [1.807, 2.05) is 0 Å². The van der Waals surface area contributed by atoms with Gasteiger partial charge in [-0.3, -0.25) is 0 Å². The van der Waals surface area contributed by atoms with Crippen LogP contribution in [0.15, 0.2) is 18.2 Å². The number of hydrogen-bond donors (Lipinski definition) is 2. The topological polar surface area (TPSA) is 32.3 Å². The summed E-state index contributed by atoms with van der Waals surface area (Å²) in [5, 5.41) is 13.3. The summed E-state index contributed by atoms with van der Waals surface area (Å²) in [5.41, 5.74) is 0.881. The van der Waals surface area contributed by atoms with Gasteiger partial charge in [0.2, 0.25) is 0 Å². The molecule has 2 nitrogen and oxygen atoms in total. The molecule has 1 unspecified atom stereocenters. The average molecular weight is 274 g/mol. The first-order chi connectivity index (χ1) is 8.26. The van der Waals surface area contributed by atoms with E-state index in [9.17, 15) is 9.50 Å². The second kappa shape index (κ2) is 6.50. The van der Waals surface area contributed by atoms with Gasteiger partial charge in [-0.15, -0.1) is 0 Å². The predicted octanol–water partition coefficient (Wildman–Crippen LogP) is 3.37. The van der Waals surface area contributed by atoms with Gasteiger partial charge in [-0.05, 0) is 35.6 Å². The Labute approximate surface area is 113 Å². The van der Waals surface area contributed by atoms with E-state index >= 15 is 0 Å². The fraction of sp³-hybridized carbons (Fsp3) is 0.571. The highest BCUT2D eigenvalue weighted by atomic mass is 35.5. The van der Waals surface area contributed by atoms with E-state index in [1.165, 1.54) is 12.1 Å². The van der Waals surface area contributed by atoms with Crippen molar-refractivity contribution in [2.24, 2.45) is 5.41 Å². The maximum absolute atomic E-state index is 13.1. The third kappa shape index (κ3) is 6.34. The summed E-state index contributed by atoms with van der Waals surface area (Å²) in [4.78, 5) is 0. The van der Waals surface area contributed by atoms with Gasteiger partial charge in [-0.2, -0.15) is 0 Å². The van der Waals surface area contributed by atoms with Crippen LogP contribution >= 0.6 is 11.6 Å². The van der Waals surface area contributed by atoms with Crippen LogP contribution in [-0.2, 0) is 6.54 Å². The van der Waals surface area contributed by atoms with Crippen molar-refractivity contribution < 1.29 is 9.50 Å². The second-order valence-electron chi connectivity index (χ2n) is 5.83. The molecular weight excluding hydrogens is 253 g/mol. The lowest BCUT2D eigenvalue weighted by Gasteiger charge is -2.22. The Morgan fingerprint density at radius 1 is 1.33 bits per heavy atom. The number of hydrogen-bond acceptors (Lipinski definition) is 2. The van der Waals surface area contributed by atoms with Gasteiger partial charge in [0.25, 0.3) is 0 Å². The van der Waals surface area contributed by atoms with Crippen molar-refractivity contribution >= 4 is 11.6 Å². The maximum atomic E-state index is 13.1. The normalized spacial score (nSPS) is 13.7. The molecule has 1 rings (SSSR count). The minimum Gasteiger partial charge on any atom is -0.392 e. The Kier molecular flexibility index (Phi) is 5.57. The Hall–Kier alpha value is -0.640. The molecular formula is C14H21ClFNO. The van der Waals surface area contributed by atoms with Crippen molar-refractivity contribution in [1.29, 1.82) is 0 Å². The van der Waals surface area contributed by atoms with Gasteiger partial charge in [0.15, 0.2) is 0 Å². The van der Waals surface area contributed by atoms with Crippen LogP contribution in [0.2, 0.25) is 5.02 Å². The van der Waals surface area contributed by atoms with Gasteiger partial charge >= 0.3 is 0 Å². The van der Waals surface area contributed by atoms with E-state index in [2.05, 4.69) is 26.1 Å². The second-order valence-corrected chi connectivity index (χ2v) is 6.26. The maximum Gasteiger partial charge on any atom is 0.125 e. The van der Waals surface area contributed by atoms with Crippen molar-refractivity contribution in [1.82, 2.24) is 5.32 Å². The lowest BCUT2D eigenvalue weighted by molar-refractivity contribution is 0.119. The fourth-order valence-electron chi connectivity index (χ4n) is 1.88. The summed E-state index contributed by atoms with van der Waals surface area (Å²) >= 11 is 5.76. The van der Waals surface area contributed by atoms with Gasteiger partial charge in [0.05, 0.1) is 6.10 Å². The largest absolute Gasteiger partial charge is 0.392 e. The van der Waals surface area contributed by atoms with Gasteiger partial charge in [0, 0.05) is 18.1 Å². The van der Waals surface area contributed by atoms with E-state index in [0.29, 0.717) is 18.1 Å². The van der Waals surface area contributed by atoms with E-state index < -0.39 is 6.10 Å². The zero-order chi connectivity index (χ0) is 13.8. The van der Waals surface area contributed by atoms with Crippen LogP contribution in [0.25, 0.3) is 0 Å². The molecule has 0 aliphatic rings. The molecule has 4 heteroatoms. The highest BCUT2D eigenvalue weighted by Gasteiger charge is 2.16. The van der Waals surface area contributed by atoms with Crippen molar-refractivity contribution in [3.8, 4) is 0 Å². The van der Waals surface area contributed by atoms with Gasteiger partial charge in [-0.1, -0.05) is 32.4 Å². The first kappa shape index (κ1) is 15.4. The Morgan fingerprint density at radius 2 is 2.00 bits per heavy atom. The van der Waals surface area contributed by atoms with Crippen LogP contribution in [0.5, 0.6) is 0 Å². The summed E-state index contributed by atoms with van der Waals surface area (Å²) in [6, 6.07) is 4.43. The predicted molar refractivity (Wildman–Crippen MR) is 73.2 cm³/mol. The molecule has 1 aromatic carbocycles. The number of aliphatic hydroxyl groups is 1. The quantitative estimate of drug-likeness (QED) is 0.862. The fourth-order valence-corrected chi connectivity index (χ4v) is 2.12. The van der Waals surface area contributed by atoms with Gasteiger partial charge in [0.1, 0.15) is 5.82 Å². The summed E-state index contributed by atoms with van der Waals surface area (Å²) < 4.78 is 13.1. The Morgan fingerprint density at radius 3 is 2.56 bits per heavy atom. The van der Waals surface area contributed by atoms with E-state index in [4.69, 9.17) is 11.6 Å². The van der Waals surface area contributed by atoms with Crippen molar-refractivity contribution in [3.05, 3.63) is 34.6 Å². The number of aliphatic hydroxyl groups excluding tert-OH is 1. The average Bonchev–Trinajstić information content (AvgIpc) is 2.12. The summed E-state index contributed by atoms with van der Waals surface area (Å²) in [6.45, 7) is 7.25. The minimum absolute atomic E-state index is 0.100. The van der Waals surface area contributed by atoms with Crippen LogP contribution in [0.1, 0.15) is 32.8 Å². The molecule has 0 aromatic heterocycles. The highest BCUT2D eigenvalue weighted by molar-refractivity contribution is 6.30. The van der Waals surface area contributed by atoms with Crippen LogP contribution in [-0.4, -0.2) is 17.8 Å². The Bertz CT molecular complexity index is 370. The molecule has 2 N–H and O–H groups in total. The van der Waals surface area contributed by atoms with Crippen molar-refractivity contribution in [3.63, 3.8) is 0 Å². The SMILES string of the molecule is CC(C)(C)CC(O)CNCc1cc(F)cc(Cl)c1. The molecule has 0 bridgehead atoms. The molecule has 0 saturated carbocycles. The lowest BCUT2D eigenvalue weighted by atomic mass is 9.89. The van der Waals surface area contributed by atoms with E-state index in [-0.39, 0.29) is 11.2 Å². The number of halogens is 2. The van der Waals surface area contributed by atoms with Crippen LogP contribution in [0.3, 0.4) is 0 Å². The molecule has 1 aromatic rings. The molecule has 102 valence electrons. The first-order valence-electron chi connectivity index (χ1n) is 6.10. The third-order valence-electron chi connectivity index (χ3n) is 2.48. The Balaban J connectivity index is 2.37. The van der Waals surface area contributed by atoms with Crippen LogP contribution in [0.4, 0.5) is 4.39 Å². The first-order valence-corrected chi connectivity index (χ1v) is 6.48. The monoisotopic (exact) mass is 273 g/mol. The van der Waals surface area contributed by atoms with Crippen molar-refractivity contribution in [2.75, 3.05) is 6.54 Å². The molecule has 0 fully saturated rings. The van der Waals surface area contributed by atoms with E-state index in [1.54, 1.807) is 6.07 Å². The summed E-state index contributed by atoms with van der Waals surface area (Å²) in [7, 11) is 0. The molecule has 0 amide bonds. The van der Waals surface area contributed by atoms with Crippen LogP contribution in [0, 0.1) is 11.2 Å². The molecule has 0 aliphatic heterocycles. The smallest absolute Gasteiger partial charge is 0.125 e. The molecule has 18 heavy (non-hydrogen) atoms. The molecule has 0 aliphatic carbocycles. The van der Waals surface area contributed by atoms with Crippen molar-refractivity contribution in [2.45, 2.75) is 39.8 Å². The highest BCUT2D eigenvalue weighted by Crippen LogP contribution is 2.20. The standard InChI is InChI=1S/C14H21ClFNO/c1-14(2,3)7-13(18)9-17-8-10-4-11(15)6-12(16)5-10/h4-6,13,17-18H,7-9H2,1-3H3. The molecule has 0 heterocycles. The van der Waals surface area contributed by atoms with Gasteiger partial charge < -0.3 is 10.4 Å². The third-order valence-corrected chi connectivity index (χ3v) is 2.70.